The van der Waals surface area contributed by atoms with Crippen molar-refractivity contribution in [2.45, 2.75) is 20.4 Å². The molecule has 0 aliphatic heterocycles. The highest BCUT2D eigenvalue weighted by atomic mass is 79.9. The van der Waals surface area contributed by atoms with Crippen LogP contribution < -0.4 is 4.74 Å². The third-order valence-electron chi connectivity index (χ3n) is 2.74. The molecular formula is C14H20BrNO3. The molecule has 0 bridgehead atoms. The zero-order chi connectivity index (χ0) is 14.3. The van der Waals surface area contributed by atoms with Gasteiger partial charge in [0.15, 0.2) is 0 Å². The Labute approximate surface area is 122 Å². The van der Waals surface area contributed by atoms with Crippen molar-refractivity contribution in [3.63, 3.8) is 0 Å². The van der Waals surface area contributed by atoms with Crippen molar-refractivity contribution in [3.8, 4) is 5.75 Å². The highest BCUT2D eigenvalue weighted by Gasteiger charge is 2.13. The second-order valence-corrected chi connectivity index (χ2v) is 4.98. The third kappa shape index (κ3) is 5.20. The van der Waals surface area contributed by atoms with Crippen LogP contribution in [0.3, 0.4) is 0 Å². The molecule has 0 fully saturated rings. The number of carbonyl (C=O) groups excluding carboxylic acids is 1. The summed E-state index contributed by atoms with van der Waals surface area (Å²) in [5, 5.41) is 0. The third-order valence-corrected chi connectivity index (χ3v) is 3.23. The first-order chi connectivity index (χ1) is 9.10. The summed E-state index contributed by atoms with van der Waals surface area (Å²) in [4.78, 5) is 13.5. The van der Waals surface area contributed by atoms with Crippen LogP contribution in [0.1, 0.15) is 19.4 Å². The minimum atomic E-state index is -0.196. The van der Waals surface area contributed by atoms with Crippen LogP contribution in [0, 0.1) is 0 Å². The van der Waals surface area contributed by atoms with Crippen LogP contribution in [-0.4, -0.2) is 37.7 Å². The fourth-order valence-electron chi connectivity index (χ4n) is 1.78. The Kier molecular flexibility index (Phi) is 6.87. The van der Waals surface area contributed by atoms with Gasteiger partial charge in [0.25, 0.3) is 0 Å². The molecule has 0 N–H and O–H groups in total. The summed E-state index contributed by atoms with van der Waals surface area (Å²) in [5.74, 6) is 0.629. The second-order valence-electron chi connectivity index (χ2n) is 4.06. The molecule has 0 saturated heterocycles. The van der Waals surface area contributed by atoms with E-state index >= 15 is 0 Å². The summed E-state index contributed by atoms with van der Waals surface area (Å²) in [5.41, 5.74) is 1.04. The summed E-state index contributed by atoms with van der Waals surface area (Å²) in [6.07, 6.45) is 0. The lowest BCUT2D eigenvalue weighted by molar-refractivity contribution is -0.144. The highest BCUT2D eigenvalue weighted by molar-refractivity contribution is 9.10. The number of halogens is 1. The van der Waals surface area contributed by atoms with E-state index in [1.165, 1.54) is 0 Å². The van der Waals surface area contributed by atoms with Crippen LogP contribution >= 0.6 is 15.9 Å². The molecule has 0 aliphatic rings. The van der Waals surface area contributed by atoms with E-state index < -0.39 is 0 Å². The van der Waals surface area contributed by atoms with Gasteiger partial charge in [0.05, 0.1) is 20.3 Å². The van der Waals surface area contributed by atoms with Crippen molar-refractivity contribution in [1.29, 1.82) is 0 Å². The van der Waals surface area contributed by atoms with Crippen molar-refractivity contribution >= 4 is 21.9 Å². The Morgan fingerprint density at radius 1 is 1.37 bits per heavy atom. The summed E-state index contributed by atoms with van der Waals surface area (Å²) in [7, 11) is 1.65. The van der Waals surface area contributed by atoms with E-state index in [9.17, 15) is 4.79 Å². The maximum absolute atomic E-state index is 11.5. The fourth-order valence-corrected chi connectivity index (χ4v) is 2.19. The van der Waals surface area contributed by atoms with Gasteiger partial charge in [-0.2, -0.15) is 0 Å². The Bertz CT molecular complexity index is 423. The lowest BCUT2D eigenvalue weighted by atomic mass is 10.2. The van der Waals surface area contributed by atoms with Crippen LogP contribution in [0.15, 0.2) is 22.7 Å². The van der Waals surface area contributed by atoms with Crippen molar-refractivity contribution in [3.05, 3.63) is 28.2 Å². The van der Waals surface area contributed by atoms with Gasteiger partial charge < -0.3 is 9.47 Å². The summed E-state index contributed by atoms with van der Waals surface area (Å²) < 4.78 is 11.3. The van der Waals surface area contributed by atoms with E-state index in [4.69, 9.17) is 9.47 Å². The number of ether oxygens (including phenoxy) is 2. The Morgan fingerprint density at radius 3 is 2.68 bits per heavy atom. The van der Waals surface area contributed by atoms with Gasteiger partial charge in [-0.1, -0.05) is 22.9 Å². The van der Waals surface area contributed by atoms with Gasteiger partial charge in [0.1, 0.15) is 5.75 Å². The van der Waals surface area contributed by atoms with Crippen LogP contribution in [0.5, 0.6) is 5.75 Å². The molecule has 0 unspecified atom stereocenters. The minimum Gasteiger partial charge on any atom is -0.496 e. The smallest absolute Gasteiger partial charge is 0.320 e. The van der Waals surface area contributed by atoms with Gasteiger partial charge in [-0.25, -0.2) is 0 Å². The Morgan fingerprint density at radius 2 is 2.11 bits per heavy atom. The predicted molar refractivity (Wildman–Crippen MR) is 78.3 cm³/mol. The number of esters is 1. The summed E-state index contributed by atoms with van der Waals surface area (Å²) in [6, 6.07) is 5.86. The van der Waals surface area contributed by atoms with Gasteiger partial charge in [0.2, 0.25) is 0 Å². The number of rotatable bonds is 7. The number of nitrogens with zero attached hydrogens (tertiary/aromatic N) is 1. The quantitative estimate of drug-likeness (QED) is 0.721. The van der Waals surface area contributed by atoms with Gasteiger partial charge >= 0.3 is 5.97 Å². The number of hydrogen-bond donors (Lipinski definition) is 0. The zero-order valence-corrected chi connectivity index (χ0v) is 13.2. The standard InChI is InChI=1S/C14H20BrNO3/c1-4-16(10-14(17)19-5-2)9-11-8-12(15)6-7-13(11)18-3/h6-8H,4-5,9-10H2,1-3H3. The molecule has 0 atom stereocenters. The van der Waals surface area contributed by atoms with Gasteiger partial charge in [-0.05, 0) is 31.7 Å². The van der Waals surface area contributed by atoms with E-state index in [1.807, 2.05) is 36.9 Å². The van der Waals surface area contributed by atoms with E-state index in [1.54, 1.807) is 7.11 Å². The van der Waals surface area contributed by atoms with Crippen LogP contribution in [-0.2, 0) is 16.1 Å². The molecular weight excluding hydrogens is 310 g/mol. The topological polar surface area (TPSA) is 38.8 Å². The molecule has 0 radical (unpaired) electrons. The van der Waals surface area contributed by atoms with Crippen LogP contribution in [0.2, 0.25) is 0 Å². The summed E-state index contributed by atoms with van der Waals surface area (Å²) >= 11 is 3.45. The summed E-state index contributed by atoms with van der Waals surface area (Å²) in [6.45, 7) is 5.96. The Balaban J connectivity index is 2.74. The maximum Gasteiger partial charge on any atom is 0.320 e. The molecule has 0 aromatic heterocycles. The molecule has 0 aliphatic carbocycles. The van der Waals surface area contributed by atoms with Crippen molar-refractivity contribution in [1.82, 2.24) is 4.90 Å². The molecule has 5 heteroatoms. The first-order valence-corrected chi connectivity index (χ1v) is 7.10. The Hall–Kier alpha value is -1.07. The van der Waals surface area contributed by atoms with Gasteiger partial charge in [-0.3, -0.25) is 9.69 Å². The SMILES string of the molecule is CCOC(=O)CN(CC)Cc1cc(Br)ccc1OC. The molecule has 0 heterocycles. The molecule has 0 amide bonds. The normalized spacial score (nSPS) is 10.6. The van der Waals surface area contributed by atoms with Crippen molar-refractivity contribution < 1.29 is 14.3 Å². The lowest BCUT2D eigenvalue weighted by Crippen LogP contribution is -2.30. The van der Waals surface area contributed by atoms with Crippen molar-refractivity contribution in [2.75, 3.05) is 26.8 Å². The number of hydrogen-bond acceptors (Lipinski definition) is 4. The molecule has 0 spiro atoms. The van der Waals surface area contributed by atoms with Crippen LogP contribution in [0.4, 0.5) is 0 Å². The molecule has 1 aromatic rings. The molecule has 1 aromatic carbocycles. The van der Waals surface area contributed by atoms with Crippen LogP contribution in [0.25, 0.3) is 0 Å². The number of likely N-dealkylation sites (N-methyl/N-ethyl adjacent to an activating group) is 1. The monoisotopic (exact) mass is 329 g/mol. The van der Waals surface area contributed by atoms with Gasteiger partial charge in [-0.15, -0.1) is 0 Å². The molecule has 0 saturated carbocycles. The largest absolute Gasteiger partial charge is 0.496 e. The molecule has 4 nitrogen and oxygen atoms in total. The molecule has 1 rings (SSSR count). The lowest BCUT2D eigenvalue weighted by Gasteiger charge is -2.20. The van der Waals surface area contributed by atoms with E-state index in [0.29, 0.717) is 19.7 Å². The second kappa shape index (κ2) is 8.17. The average Bonchev–Trinajstić information content (AvgIpc) is 2.38. The van der Waals surface area contributed by atoms with Gasteiger partial charge in [0, 0.05) is 16.6 Å². The van der Waals surface area contributed by atoms with Crippen molar-refractivity contribution in [2.24, 2.45) is 0 Å². The zero-order valence-electron chi connectivity index (χ0n) is 11.6. The molecule has 19 heavy (non-hydrogen) atoms. The predicted octanol–water partition coefficient (Wildman–Crippen LogP) is 2.84. The van der Waals surface area contributed by atoms with E-state index in [-0.39, 0.29) is 5.97 Å². The first-order valence-electron chi connectivity index (χ1n) is 6.31. The number of carbonyl (C=O) groups is 1. The van der Waals surface area contributed by atoms with E-state index in [0.717, 1.165) is 22.3 Å². The maximum atomic E-state index is 11.5. The highest BCUT2D eigenvalue weighted by Crippen LogP contribution is 2.24. The number of methoxy groups -OCH3 is 1. The fraction of sp³-hybridized carbons (Fsp3) is 0.500. The number of benzene rings is 1. The minimum absolute atomic E-state index is 0.196. The molecule has 106 valence electrons. The van der Waals surface area contributed by atoms with E-state index in [2.05, 4.69) is 15.9 Å². The average molecular weight is 330 g/mol. The first kappa shape index (κ1) is 16.0.